The number of nitrogens with one attached hydrogen (secondary N) is 1. The van der Waals surface area contributed by atoms with Crippen LogP contribution in [0.4, 0.5) is 11.4 Å². The number of ether oxygens (including phenoxy) is 4. The number of nitro groups is 1. The van der Waals surface area contributed by atoms with Crippen LogP contribution < -0.4 is 30.0 Å². The van der Waals surface area contributed by atoms with Gasteiger partial charge in [-0.05, 0) is 108 Å². The standard InChI is InChI=1S/C10H12N2O3.C10H14N2O.C10H13NO.C9H11NO/c1-11-5-7-3-9(12(13)14)10(15-2)4-8(7)6-11;1-12-5-7-3-9(11)10(13-2)4-8(7)6-12;1-11-6-8-3-4-10(12-2)5-9(8)7-11;1-11-9-3-2-7-5-10-6-8(7)4-9/h3-4H,5-6H2,1-2H3;3-4H,5-6,11H2,1-2H3;3-5H,6-7H2,1-2H3;2-4,10H,5-6H2,1H3. The second kappa shape index (κ2) is 16.9. The first-order valence-electron chi connectivity index (χ1n) is 16.9. The van der Waals surface area contributed by atoms with Crippen molar-refractivity contribution in [2.45, 2.75) is 52.4 Å². The second-order valence-electron chi connectivity index (χ2n) is 13.3. The van der Waals surface area contributed by atoms with Crippen LogP contribution in [0.2, 0.25) is 0 Å². The summed E-state index contributed by atoms with van der Waals surface area (Å²) in [6.45, 7) is 7.66. The number of hydrogen-bond acceptors (Lipinski definition) is 11. The Morgan fingerprint density at radius 2 is 1.00 bits per heavy atom. The fourth-order valence-electron chi connectivity index (χ4n) is 6.75. The van der Waals surface area contributed by atoms with E-state index in [-0.39, 0.29) is 5.69 Å². The molecule has 0 aromatic heterocycles. The zero-order chi connectivity index (χ0) is 36.7. The maximum atomic E-state index is 10.8. The molecule has 0 amide bonds. The van der Waals surface area contributed by atoms with Crippen molar-refractivity contribution in [3.63, 3.8) is 0 Å². The molecule has 4 aromatic carbocycles. The van der Waals surface area contributed by atoms with E-state index in [1.54, 1.807) is 33.5 Å². The smallest absolute Gasteiger partial charge is 0.311 e. The van der Waals surface area contributed by atoms with E-state index < -0.39 is 4.92 Å². The highest BCUT2D eigenvalue weighted by molar-refractivity contribution is 5.58. The van der Waals surface area contributed by atoms with Gasteiger partial charge in [-0.15, -0.1) is 0 Å². The zero-order valence-electron chi connectivity index (χ0n) is 30.7. The lowest BCUT2D eigenvalue weighted by molar-refractivity contribution is -0.385. The molecule has 12 heteroatoms. The summed E-state index contributed by atoms with van der Waals surface area (Å²) in [7, 11) is 12.7. The van der Waals surface area contributed by atoms with Gasteiger partial charge >= 0.3 is 5.69 Å². The summed E-state index contributed by atoms with van der Waals surface area (Å²) < 4.78 is 20.4. The first kappa shape index (κ1) is 37.4. The van der Waals surface area contributed by atoms with Crippen molar-refractivity contribution >= 4 is 11.4 Å². The summed E-state index contributed by atoms with van der Waals surface area (Å²) >= 11 is 0. The fourth-order valence-corrected chi connectivity index (χ4v) is 6.75. The topological polar surface area (TPSA) is 128 Å². The van der Waals surface area contributed by atoms with Crippen LogP contribution in [-0.2, 0) is 52.4 Å². The maximum absolute atomic E-state index is 10.8. The third-order valence-corrected chi connectivity index (χ3v) is 9.35. The van der Waals surface area contributed by atoms with E-state index in [4.69, 9.17) is 24.7 Å². The van der Waals surface area contributed by atoms with Crippen molar-refractivity contribution in [2.75, 3.05) is 55.3 Å². The predicted molar refractivity (Wildman–Crippen MR) is 199 cm³/mol. The minimum Gasteiger partial charge on any atom is -0.497 e. The quantitative estimate of drug-likeness (QED) is 0.151. The normalized spacial score (nSPS) is 15.4. The average Bonchev–Trinajstić information content (AvgIpc) is 3.91. The molecular formula is C39H50N6O6. The van der Waals surface area contributed by atoms with E-state index in [1.807, 2.05) is 31.3 Å². The number of anilines is 1. The van der Waals surface area contributed by atoms with Gasteiger partial charge in [-0.1, -0.05) is 12.1 Å². The number of fused-ring (bicyclic) bond motifs is 4. The molecule has 0 saturated heterocycles. The highest BCUT2D eigenvalue weighted by atomic mass is 16.6. The summed E-state index contributed by atoms with van der Waals surface area (Å²) in [5, 5.41) is 14.1. The number of nitro benzene ring substituents is 1. The molecule has 4 aliphatic rings. The molecule has 0 bridgehead atoms. The number of hydrogen-bond donors (Lipinski definition) is 2. The molecule has 51 heavy (non-hydrogen) atoms. The molecule has 0 unspecified atom stereocenters. The molecule has 0 radical (unpaired) electrons. The number of nitrogen functional groups attached to an aromatic ring is 1. The van der Waals surface area contributed by atoms with Crippen molar-refractivity contribution in [1.29, 1.82) is 0 Å². The van der Waals surface area contributed by atoms with Crippen molar-refractivity contribution in [1.82, 2.24) is 20.0 Å². The largest absolute Gasteiger partial charge is 0.497 e. The van der Waals surface area contributed by atoms with Crippen LogP contribution in [0.3, 0.4) is 0 Å². The molecule has 4 aliphatic heterocycles. The molecule has 3 N–H and O–H groups in total. The first-order chi connectivity index (χ1) is 24.5. The summed E-state index contributed by atoms with van der Waals surface area (Å²) in [4.78, 5) is 17.0. The zero-order valence-corrected chi connectivity index (χ0v) is 30.7. The Hall–Kier alpha value is -4.88. The Bertz CT molecular complexity index is 1850. The molecule has 0 saturated carbocycles. The SMILES string of the molecule is COc1cc2c(cc1N)CN(C)C2.COc1cc2c(cc1[N+](=O)[O-])CN(C)C2.COc1ccc2c(c1)CN(C)C2.COc1ccc2c(c1)CNC2. The van der Waals surface area contributed by atoms with E-state index in [0.717, 1.165) is 86.4 Å². The first-order valence-corrected chi connectivity index (χ1v) is 16.9. The van der Waals surface area contributed by atoms with Crippen LogP contribution in [0, 0.1) is 10.1 Å². The summed E-state index contributed by atoms with van der Waals surface area (Å²) in [6.07, 6.45) is 0. The summed E-state index contributed by atoms with van der Waals surface area (Å²) in [5.74, 6) is 3.04. The van der Waals surface area contributed by atoms with Crippen molar-refractivity contribution in [2.24, 2.45) is 0 Å². The van der Waals surface area contributed by atoms with E-state index in [0.29, 0.717) is 5.75 Å². The molecule has 0 atom stereocenters. The van der Waals surface area contributed by atoms with E-state index >= 15 is 0 Å². The van der Waals surface area contributed by atoms with Crippen LogP contribution >= 0.6 is 0 Å². The van der Waals surface area contributed by atoms with Gasteiger partial charge in [0.25, 0.3) is 0 Å². The number of benzene rings is 4. The predicted octanol–water partition coefficient (Wildman–Crippen LogP) is 5.71. The van der Waals surface area contributed by atoms with Gasteiger partial charge in [-0.25, -0.2) is 0 Å². The molecule has 12 nitrogen and oxygen atoms in total. The second-order valence-corrected chi connectivity index (χ2v) is 13.3. The number of methoxy groups -OCH3 is 4. The Balaban J connectivity index is 0.000000133. The lowest BCUT2D eigenvalue weighted by Gasteiger charge is -2.06. The molecular weight excluding hydrogens is 648 g/mol. The third kappa shape index (κ3) is 9.27. The van der Waals surface area contributed by atoms with Crippen LogP contribution in [0.25, 0.3) is 0 Å². The van der Waals surface area contributed by atoms with Gasteiger partial charge in [0.1, 0.15) is 17.2 Å². The monoisotopic (exact) mass is 698 g/mol. The molecule has 272 valence electrons. The molecule has 4 aromatic rings. The van der Waals surface area contributed by atoms with E-state index in [9.17, 15) is 10.1 Å². The van der Waals surface area contributed by atoms with Crippen molar-refractivity contribution in [3.8, 4) is 23.0 Å². The van der Waals surface area contributed by atoms with Gasteiger partial charge in [0.05, 0.1) is 39.0 Å². The average molecular weight is 699 g/mol. The summed E-state index contributed by atoms with van der Waals surface area (Å²) in [5.41, 5.74) is 17.0. The molecule has 0 fully saturated rings. The van der Waals surface area contributed by atoms with Gasteiger partial charge in [-0.2, -0.15) is 0 Å². The highest BCUT2D eigenvalue weighted by Gasteiger charge is 2.24. The van der Waals surface area contributed by atoms with E-state index in [2.05, 4.69) is 58.4 Å². The fraction of sp³-hybridized carbons (Fsp3) is 0.385. The van der Waals surface area contributed by atoms with Crippen LogP contribution in [0.1, 0.15) is 44.5 Å². The van der Waals surface area contributed by atoms with E-state index in [1.165, 1.54) is 40.5 Å². The van der Waals surface area contributed by atoms with Crippen molar-refractivity contribution in [3.05, 3.63) is 115 Å². The minimum atomic E-state index is -0.405. The number of rotatable bonds is 5. The third-order valence-electron chi connectivity index (χ3n) is 9.35. The number of nitrogens with zero attached hydrogens (tertiary/aromatic N) is 4. The van der Waals surface area contributed by atoms with Crippen LogP contribution in [0.15, 0.2) is 60.7 Å². The molecule has 0 spiro atoms. The molecule has 8 rings (SSSR count). The maximum Gasteiger partial charge on any atom is 0.311 e. The Morgan fingerprint density at radius 3 is 1.53 bits per heavy atom. The lowest BCUT2D eigenvalue weighted by Crippen LogP contribution is -2.07. The van der Waals surface area contributed by atoms with Gasteiger partial charge in [0, 0.05) is 58.4 Å². The Labute approximate surface area is 300 Å². The van der Waals surface area contributed by atoms with Gasteiger partial charge < -0.3 is 30.0 Å². The number of nitrogens with two attached hydrogens (primary N) is 1. The lowest BCUT2D eigenvalue weighted by atomic mass is 10.1. The van der Waals surface area contributed by atoms with Crippen molar-refractivity contribution < 1.29 is 23.9 Å². The van der Waals surface area contributed by atoms with Crippen LogP contribution in [-0.4, -0.2) is 69.2 Å². The highest BCUT2D eigenvalue weighted by Crippen LogP contribution is 2.34. The Morgan fingerprint density at radius 1 is 0.569 bits per heavy atom. The van der Waals surface area contributed by atoms with Gasteiger partial charge in [-0.3, -0.25) is 24.8 Å². The summed E-state index contributed by atoms with van der Waals surface area (Å²) in [6, 6.07) is 19.9. The van der Waals surface area contributed by atoms with Crippen LogP contribution in [0.5, 0.6) is 23.0 Å². The Kier molecular flexibility index (Phi) is 12.4. The van der Waals surface area contributed by atoms with Gasteiger partial charge in [0.15, 0.2) is 5.75 Å². The minimum absolute atomic E-state index is 0.0477. The molecule has 4 heterocycles. The van der Waals surface area contributed by atoms with Gasteiger partial charge in [0.2, 0.25) is 0 Å². The molecule has 0 aliphatic carbocycles.